The fraction of sp³-hybridized carbons (Fsp3) is 0.867. The number of rotatable bonds is 4. The van der Waals surface area contributed by atoms with E-state index in [0.29, 0.717) is 13.0 Å². The van der Waals surface area contributed by atoms with Crippen LogP contribution in [0.5, 0.6) is 0 Å². The van der Waals surface area contributed by atoms with Crippen LogP contribution in [0, 0.1) is 11.8 Å². The van der Waals surface area contributed by atoms with Crippen molar-refractivity contribution >= 4 is 11.8 Å². The van der Waals surface area contributed by atoms with Crippen LogP contribution < -0.4 is 5.32 Å². The molecule has 0 aromatic carbocycles. The lowest BCUT2D eigenvalue weighted by atomic mass is 10.0. The third-order valence-corrected chi connectivity index (χ3v) is 4.45. The molecule has 108 valence electrons. The highest BCUT2D eigenvalue weighted by Gasteiger charge is 2.32. The van der Waals surface area contributed by atoms with Crippen LogP contribution in [0.1, 0.15) is 52.4 Å². The van der Waals surface area contributed by atoms with Gasteiger partial charge >= 0.3 is 0 Å². The molecule has 4 heteroatoms. The number of nitrogens with one attached hydrogen (secondary N) is 1. The van der Waals surface area contributed by atoms with Crippen LogP contribution in [0.15, 0.2) is 0 Å². The van der Waals surface area contributed by atoms with Crippen molar-refractivity contribution in [2.24, 2.45) is 11.8 Å². The highest BCUT2D eigenvalue weighted by atomic mass is 16.2. The van der Waals surface area contributed by atoms with Gasteiger partial charge in [-0.3, -0.25) is 9.59 Å². The molecule has 1 atom stereocenters. The Labute approximate surface area is 115 Å². The summed E-state index contributed by atoms with van der Waals surface area (Å²) in [6.07, 6.45) is 6.85. The summed E-state index contributed by atoms with van der Waals surface area (Å²) < 4.78 is 0. The highest BCUT2D eigenvalue weighted by Crippen LogP contribution is 2.27. The van der Waals surface area contributed by atoms with Crippen LogP contribution in [-0.4, -0.2) is 35.8 Å². The van der Waals surface area contributed by atoms with Gasteiger partial charge in [0.1, 0.15) is 6.04 Å². The van der Waals surface area contributed by atoms with Gasteiger partial charge < -0.3 is 10.2 Å². The van der Waals surface area contributed by atoms with Crippen LogP contribution in [0.4, 0.5) is 0 Å². The van der Waals surface area contributed by atoms with E-state index in [2.05, 4.69) is 5.32 Å². The molecule has 1 unspecified atom stereocenters. The first-order chi connectivity index (χ1) is 9.08. The van der Waals surface area contributed by atoms with E-state index in [0.717, 1.165) is 18.9 Å². The van der Waals surface area contributed by atoms with Crippen molar-refractivity contribution in [3.63, 3.8) is 0 Å². The third-order valence-electron chi connectivity index (χ3n) is 4.45. The first-order valence-corrected chi connectivity index (χ1v) is 7.66. The van der Waals surface area contributed by atoms with Gasteiger partial charge in [-0.05, 0) is 18.3 Å². The normalized spacial score (nSPS) is 25.8. The van der Waals surface area contributed by atoms with Gasteiger partial charge in [-0.1, -0.05) is 39.5 Å². The molecule has 0 bridgehead atoms. The Bertz CT molecular complexity index is 335. The minimum atomic E-state index is -0.335. The molecule has 0 aromatic heterocycles. The molecule has 1 N–H and O–H groups in total. The lowest BCUT2D eigenvalue weighted by molar-refractivity contribution is -0.134. The van der Waals surface area contributed by atoms with Gasteiger partial charge in [0, 0.05) is 19.5 Å². The quantitative estimate of drug-likeness (QED) is 0.845. The van der Waals surface area contributed by atoms with E-state index in [4.69, 9.17) is 0 Å². The first-order valence-electron chi connectivity index (χ1n) is 7.66. The zero-order valence-corrected chi connectivity index (χ0v) is 12.2. The van der Waals surface area contributed by atoms with E-state index in [1.165, 1.54) is 25.7 Å². The molecule has 1 aliphatic heterocycles. The van der Waals surface area contributed by atoms with E-state index in [1.54, 1.807) is 0 Å². The molecule has 1 saturated heterocycles. The van der Waals surface area contributed by atoms with Crippen LogP contribution in [0.3, 0.4) is 0 Å². The fourth-order valence-corrected chi connectivity index (χ4v) is 3.16. The predicted molar refractivity (Wildman–Crippen MR) is 74.5 cm³/mol. The average Bonchev–Trinajstić information content (AvgIpc) is 2.83. The van der Waals surface area contributed by atoms with Gasteiger partial charge in [0.05, 0.1) is 0 Å². The molecule has 1 heterocycles. The molecule has 4 nitrogen and oxygen atoms in total. The van der Waals surface area contributed by atoms with Crippen molar-refractivity contribution in [3.8, 4) is 0 Å². The van der Waals surface area contributed by atoms with Crippen molar-refractivity contribution in [3.05, 3.63) is 0 Å². The van der Waals surface area contributed by atoms with E-state index < -0.39 is 0 Å². The first kappa shape index (κ1) is 14.4. The number of nitrogens with zero attached hydrogens (tertiary/aromatic N) is 1. The monoisotopic (exact) mass is 266 g/mol. The fourth-order valence-electron chi connectivity index (χ4n) is 3.16. The summed E-state index contributed by atoms with van der Waals surface area (Å²) in [5.41, 5.74) is 0. The van der Waals surface area contributed by atoms with Gasteiger partial charge in [-0.25, -0.2) is 0 Å². The molecule has 1 saturated carbocycles. The molecule has 2 aliphatic rings. The molecule has 19 heavy (non-hydrogen) atoms. The second-order valence-corrected chi connectivity index (χ2v) is 6.30. The molecular weight excluding hydrogens is 240 g/mol. The topological polar surface area (TPSA) is 49.4 Å². The standard InChI is InChI=1S/C15H26N2O2/c1-11(2)14-15(19)17(10-8-13(18)16-14)9-7-12-5-3-4-6-12/h11-12,14H,3-10H2,1-2H3,(H,16,18). The van der Waals surface area contributed by atoms with Crippen LogP contribution in [0.2, 0.25) is 0 Å². The lowest BCUT2D eigenvalue weighted by Gasteiger charge is -2.27. The average molecular weight is 266 g/mol. The minimum absolute atomic E-state index is 0.00964. The molecule has 2 rings (SSSR count). The number of carbonyl (C=O) groups is 2. The van der Waals surface area contributed by atoms with Gasteiger partial charge in [0.25, 0.3) is 0 Å². The number of amides is 2. The third kappa shape index (κ3) is 3.71. The summed E-state index contributed by atoms with van der Waals surface area (Å²) in [6, 6.07) is -0.335. The molecule has 0 radical (unpaired) electrons. The van der Waals surface area contributed by atoms with Crippen molar-refractivity contribution in [1.29, 1.82) is 0 Å². The van der Waals surface area contributed by atoms with E-state index >= 15 is 0 Å². The Kier molecular flexibility index (Phi) is 4.83. The maximum Gasteiger partial charge on any atom is 0.245 e. The largest absolute Gasteiger partial charge is 0.344 e. The molecule has 1 aliphatic carbocycles. The SMILES string of the molecule is CC(C)C1NC(=O)CCN(CCC2CCCC2)C1=O. The predicted octanol–water partition coefficient (Wildman–Crippen LogP) is 1.94. The molecule has 2 fully saturated rings. The summed E-state index contributed by atoms with van der Waals surface area (Å²) in [4.78, 5) is 26.0. The highest BCUT2D eigenvalue weighted by molar-refractivity contribution is 5.90. The zero-order chi connectivity index (χ0) is 13.8. The summed E-state index contributed by atoms with van der Waals surface area (Å²) in [5, 5.41) is 2.86. The van der Waals surface area contributed by atoms with Crippen molar-refractivity contribution in [1.82, 2.24) is 10.2 Å². The van der Waals surface area contributed by atoms with Crippen LogP contribution in [-0.2, 0) is 9.59 Å². The summed E-state index contributed by atoms with van der Waals surface area (Å²) in [6.45, 7) is 5.38. The van der Waals surface area contributed by atoms with Gasteiger partial charge in [-0.15, -0.1) is 0 Å². The van der Waals surface area contributed by atoms with Crippen molar-refractivity contribution in [2.45, 2.75) is 58.4 Å². The smallest absolute Gasteiger partial charge is 0.245 e. The molecule has 0 spiro atoms. The van der Waals surface area contributed by atoms with E-state index in [9.17, 15) is 9.59 Å². The van der Waals surface area contributed by atoms with E-state index in [1.807, 2.05) is 18.7 Å². The van der Waals surface area contributed by atoms with Gasteiger partial charge in [0.2, 0.25) is 11.8 Å². The molecular formula is C15H26N2O2. The second kappa shape index (κ2) is 6.40. The van der Waals surface area contributed by atoms with Gasteiger partial charge in [-0.2, -0.15) is 0 Å². The molecule has 0 aromatic rings. The van der Waals surface area contributed by atoms with Gasteiger partial charge in [0.15, 0.2) is 0 Å². The summed E-state index contributed by atoms with van der Waals surface area (Å²) in [5.74, 6) is 1.06. The van der Waals surface area contributed by atoms with Crippen LogP contribution in [0.25, 0.3) is 0 Å². The van der Waals surface area contributed by atoms with Crippen LogP contribution >= 0.6 is 0 Å². The molecule has 2 amide bonds. The number of hydrogen-bond donors (Lipinski definition) is 1. The Morgan fingerprint density at radius 1 is 1.26 bits per heavy atom. The Hall–Kier alpha value is -1.06. The number of carbonyl (C=O) groups excluding carboxylic acids is 2. The van der Waals surface area contributed by atoms with Crippen molar-refractivity contribution in [2.75, 3.05) is 13.1 Å². The second-order valence-electron chi connectivity index (χ2n) is 6.30. The summed E-state index contributed by atoms with van der Waals surface area (Å²) >= 11 is 0. The number of hydrogen-bond acceptors (Lipinski definition) is 2. The Morgan fingerprint density at radius 3 is 2.58 bits per heavy atom. The minimum Gasteiger partial charge on any atom is -0.344 e. The van der Waals surface area contributed by atoms with E-state index in [-0.39, 0.29) is 23.8 Å². The maximum absolute atomic E-state index is 12.4. The zero-order valence-electron chi connectivity index (χ0n) is 12.2. The maximum atomic E-state index is 12.4. The summed E-state index contributed by atoms with van der Waals surface area (Å²) in [7, 11) is 0. The lowest BCUT2D eigenvalue weighted by Crippen LogP contribution is -2.48. The van der Waals surface area contributed by atoms with Crippen molar-refractivity contribution < 1.29 is 9.59 Å². The Morgan fingerprint density at radius 2 is 1.95 bits per heavy atom. The Balaban J connectivity index is 1.93.